The lowest BCUT2D eigenvalue weighted by atomic mass is 10.1. The number of amides is 1. The molecule has 6 nitrogen and oxygen atoms in total. The largest absolute Gasteiger partial charge is 0.481 e. The van der Waals surface area contributed by atoms with Gasteiger partial charge in [0.1, 0.15) is 5.75 Å². The Hall–Kier alpha value is -3.38. The van der Waals surface area contributed by atoms with Crippen molar-refractivity contribution in [1.82, 2.24) is 0 Å². The Morgan fingerprint density at radius 2 is 1.79 bits per heavy atom. The average Bonchev–Trinajstić information content (AvgIpc) is 3.11. The molecule has 1 heterocycles. The summed E-state index contributed by atoms with van der Waals surface area (Å²) in [6.07, 6.45) is 0.235. The third-order valence-corrected chi connectivity index (χ3v) is 4.92. The molecular formula is C22H16ClNO5. The lowest BCUT2D eigenvalue weighted by Gasteiger charge is -2.10. The van der Waals surface area contributed by atoms with E-state index in [4.69, 9.17) is 21.1 Å². The Labute approximate surface area is 171 Å². The van der Waals surface area contributed by atoms with Crippen LogP contribution in [0.3, 0.4) is 0 Å². The minimum absolute atomic E-state index is 0.108. The van der Waals surface area contributed by atoms with Gasteiger partial charge in [0.2, 0.25) is 5.91 Å². The van der Waals surface area contributed by atoms with Crippen molar-refractivity contribution in [3.05, 3.63) is 70.7 Å². The van der Waals surface area contributed by atoms with E-state index in [1.807, 2.05) is 24.3 Å². The van der Waals surface area contributed by atoms with Gasteiger partial charge in [0, 0.05) is 27.0 Å². The SMILES string of the molecule is O=C1Cc2cc(C(=O)COC(=O)COc3ccc(Cl)c4ccccc34)ccc2N1. The summed E-state index contributed by atoms with van der Waals surface area (Å²) >= 11 is 6.17. The van der Waals surface area contributed by atoms with Crippen LogP contribution in [0.4, 0.5) is 5.69 Å². The highest BCUT2D eigenvalue weighted by Gasteiger charge is 2.19. The zero-order valence-corrected chi connectivity index (χ0v) is 16.0. The number of esters is 1. The van der Waals surface area contributed by atoms with Gasteiger partial charge >= 0.3 is 5.97 Å². The molecule has 0 fully saturated rings. The summed E-state index contributed by atoms with van der Waals surface area (Å²) in [4.78, 5) is 35.7. The van der Waals surface area contributed by atoms with E-state index in [1.165, 1.54) is 0 Å². The van der Waals surface area contributed by atoms with E-state index < -0.39 is 12.6 Å². The summed E-state index contributed by atoms with van der Waals surface area (Å²) in [5.41, 5.74) is 1.84. The molecule has 1 aliphatic rings. The molecule has 0 radical (unpaired) electrons. The number of carbonyl (C=O) groups excluding carboxylic acids is 3. The normalized spacial score (nSPS) is 12.4. The molecule has 1 aliphatic heterocycles. The van der Waals surface area contributed by atoms with Crippen molar-refractivity contribution in [2.75, 3.05) is 18.5 Å². The molecule has 0 saturated carbocycles. The second-order valence-corrected chi connectivity index (χ2v) is 6.97. The molecule has 0 saturated heterocycles. The van der Waals surface area contributed by atoms with E-state index in [1.54, 1.807) is 30.3 Å². The number of ketones is 1. The Kier molecular flexibility index (Phi) is 5.18. The summed E-state index contributed by atoms with van der Waals surface area (Å²) in [6.45, 7) is -0.731. The molecule has 146 valence electrons. The maximum absolute atomic E-state index is 12.3. The quantitative estimate of drug-likeness (QED) is 0.494. The molecular weight excluding hydrogens is 394 g/mol. The summed E-state index contributed by atoms with van der Waals surface area (Å²) in [7, 11) is 0. The van der Waals surface area contributed by atoms with Crippen molar-refractivity contribution >= 4 is 45.7 Å². The first kappa shape index (κ1) is 19.0. The lowest BCUT2D eigenvalue weighted by Crippen LogP contribution is -2.19. The number of carbonyl (C=O) groups is 3. The van der Waals surface area contributed by atoms with Crippen molar-refractivity contribution in [2.45, 2.75) is 6.42 Å². The van der Waals surface area contributed by atoms with Gasteiger partial charge in [-0.3, -0.25) is 9.59 Å². The van der Waals surface area contributed by atoms with Crippen molar-refractivity contribution in [3.8, 4) is 5.75 Å². The highest BCUT2D eigenvalue weighted by molar-refractivity contribution is 6.35. The highest BCUT2D eigenvalue weighted by Crippen LogP contribution is 2.31. The molecule has 3 aromatic carbocycles. The number of nitrogens with one attached hydrogen (secondary N) is 1. The number of rotatable bonds is 6. The molecule has 3 aromatic rings. The summed E-state index contributed by atoms with van der Waals surface area (Å²) < 4.78 is 10.6. The molecule has 1 N–H and O–H groups in total. The topological polar surface area (TPSA) is 81.7 Å². The number of hydrogen-bond acceptors (Lipinski definition) is 5. The maximum Gasteiger partial charge on any atom is 0.344 e. The van der Waals surface area contributed by atoms with Crippen molar-refractivity contribution in [1.29, 1.82) is 0 Å². The van der Waals surface area contributed by atoms with Gasteiger partial charge in [0.05, 0.1) is 6.42 Å². The van der Waals surface area contributed by atoms with E-state index >= 15 is 0 Å². The van der Waals surface area contributed by atoms with Crippen LogP contribution in [-0.2, 0) is 20.7 Å². The van der Waals surface area contributed by atoms with Gasteiger partial charge in [-0.25, -0.2) is 4.79 Å². The number of hydrogen-bond donors (Lipinski definition) is 1. The van der Waals surface area contributed by atoms with Crippen LogP contribution in [0, 0.1) is 0 Å². The minimum Gasteiger partial charge on any atom is -0.481 e. The van der Waals surface area contributed by atoms with Gasteiger partial charge < -0.3 is 14.8 Å². The molecule has 1 amide bonds. The predicted octanol–water partition coefficient (Wildman–Crippen LogP) is 3.79. The fraction of sp³-hybridized carbons (Fsp3) is 0.136. The summed E-state index contributed by atoms with van der Waals surface area (Å²) in [5, 5.41) is 4.89. The summed E-state index contributed by atoms with van der Waals surface area (Å²) in [5.74, 6) is -0.611. The predicted molar refractivity (Wildman–Crippen MR) is 109 cm³/mol. The highest BCUT2D eigenvalue weighted by atomic mass is 35.5. The van der Waals surface area contributed by atoms with Crippen LogP contribution in [0.1, 0.15) is 15.9 Å². The van der Waals surface area contributed by atoms with Crippen molar-refractivity contribution in [2.24, 2.45) is 0 Å². The fourth-order valence-corrected chi connectivity index (χ4v) is 3.40. The summed E-state index contributed by atoms with van der Waals surface area (Å²) in [6, 6.07) is 15.7. The third-order valence-electron chi connectivity index (χ3n) is 4.59. The molecule has 29 heavy (non-hydrogen) atoms. The molecule has 0 spiro atoms. The molecule has 0 unspecified atom stereocenters. The Morgan fingerprint density at radius 3 is 2.62 bits per heavy atom. The van der Waals surface area contributed by atoms with E-state index in [-0.39, 0.29) is 24.7 Å². The standard InChI is InChI=1S/C22H16ClNO5/c23-17-6-8-20(16-4-2-1-3-15(16)17)28-12-22(27)29-11-19(25)13-5-7-18-14(9-13)10-21(26)24-18/h1-9H,10-12H2,(H,24,26). The first-order valence-corrected chi connectivity index (χ1v) is 9.31. The van der Waals surface area contributed by atoms with Crippen LogP contribution in [0.2, 0.25) is 5.02 Å². The molecule has 0 atom stereocenters. The number of fused-ring (bicyclic) bond motifs is 2. The molecule has 0 aliphatic carbocycles. The smallest absolute Gasteiger partial charge is 0.344 e. The van der Waals surface area contributed by atoms with Crippen molar-refractivity contribution < 1.29 is 23.9 Å². The Bertz CT molecular complexity index is 1140. The number of halogens is 1. The zero-order chi connectivity index (χ0) is 20.4. The van der Waals surface area contributed by atoms with E-state index in [2.05, 4.69) is 5.32 Å². The van der Waals surface area contributed by atoms with E-state index in [9.17, 15) is 14.4 Å². The van der Waals surface area contributed by atoms with Gasteiger partial charge in [0.25, 0.3) is 0 Å². The first-order valence-electron chi connectivity index (χ1n) is 8.93. The van der Waals surface area contributed by atoms with Crippen LogP contribution in [0.15, 0.2) is 54.6 Å². The minimum atomic E-state index is -0.657. The Morgan fingerprint density at radius 1 is 1.00 bits per heavy atom. The molecule has 4 rings (SSSR count). The second kappa shape index (κ2) is 7.93. The fourth-order valence-electron chi connectivity index (χ4n) is 3.17. The maximum atomic E-state index is 12.3. The lowest BCUT2D eigenvalue weighted by molar-refractivity contribution is -0.144. The van der Waals surface area contributed by atoms with Crippen LogP contribution >= 0.6 is 11.6 Å². The third kappa shape index (κ3) is 4.07. The van der Waals surface area contributed by atoms with Crippen LogP contribution in [-0.4, -0.2) is 30.9 Å². The Balaban J connectivity index is 1.34. The second-order valence-electron chi connectivity index (χ2n) is 6.56. The van der Waals surface area contributed by atoms with E-state index in [0.29, 0.717) is 22.0 Å². The number of ether oxygens (including phenoxy) is 2. The van der Waals surface area contributed by atoms with Crippen LogP contribution in [0.25, 0.3) is 10.8 Å². The molecule has 0 aromatic heterocycles. The van der Waals surface area contributed by atoms with Gasteiger partial charge in [0.15, 0.2) is 19.0 Å². The number of anilines is 1. The zero-order valence-electron chi connectivity index (χ0n) is 15.2. The van der Waals surface area contributed by atoms with Gasteiger partial charge in [-0.2, -0.15) is 0 Å². The van der Waals surface area contributed by atoms with E-state index in [0.717, 1.165) is 16.3 Å². The average molecular weight is 410 g/mol. The monoisotopic (exact) mass is 409 g/mol. The number of Topliss-reactive ketones (excluding diaryl/α,β-unsaturated/α-hetero) is 1. The van der Waals surface area contributed by atoms with Crippen LogP contribution in [0.5, 0.6) is 5.75 Å². The van der Waals surface area contributed by atoms with Gasteiger partial charge in [-0.15, -0.1) is 0 Å². The molecule has 0 bridgehead atoms. The van der Waals surface area contributed by atoms with Gasteiger partial charge in [-0.05, 0) is 35.9 Å². The van der Waals surface area contributed by atoms with Crippen molar-refractivity contribution in [3.63, 3.8) is 0 Å². The first-order chi connectivity index (χ1) is 14.0. The molecule has 7 heteroatoms. The van der Waals surface area contributed by atoms with Gasteiger partial charge in [-0.1, -0.05) is 35.9 Å². The van der Waals surface area contributed by atoms with Crippen LogP contribution < -0.4 is 10.1 Å². The number of benzene rings is 3.